The molecule has 24 heavy (non-hydrogen) atoms. The molecule has 0 aromatic heterocycles. The molecule has 0 unspecified atom stereocenters. The summed E-state index contributed by atoms with van der Waals surface area (Å²) in [5, 5.41) is -4.39. The Kier molecular flexibility index (Phi) is 5.55. The van der Waals surface area contributed by atoms with E-state index in [2.05, 4.69) is 0 Å². The quantitative estimate of drug-likeness (QED) is 0.548. The predicted octanol–water partition coefficient (Wildman–Crippen LogP) is 3.90. The molecule has 0 radical (unpaired) electrons. The number of carbonyl (C=O) groups is 4. The summed E-state index contributed by atoms with van der Waals surface area (Å²) in [6, 6.07) is 8.55. The Balaban J connectivity index is 2.76. The summed E-state index contributed by atoms with van der Waals surface area (Å²) in [6.45, 7) is 0. The first kappa shape index (κ1) is 19.1. The molecular weight excluding hydrogens is 398 g/mol. The van der Waals surface area contributed by atoms with Crippen molar-refractivity contribution in [2.45, 2.75) is 12.8 Å². The van der Waals surface area contributed by atoms with Crippen molar-refractivity contribution >= 4 is 72.9 Å². The van der Waals surface area contributed by atoms with E-state index in [1.165, 1.54) is 6.08 Å². The van der Waals surface area contributed by atoms with Crippen LogP contribution in [-0.2, 0) is 19.2 Å². The molecule has 1 aliphatic carbocycles. The van der Waals surface area contributed by atoms with Crippen molar-refractivity contribution in [1.29, 1.82) is 0 Å². The van der Waals surface area contributed by atoms with Crippen LogP contribution in [0.4, 0.5) is 0 Å². The van der Waals surface area contributed by atoms with E-state index in [1.807, 2.05) is 0 Å². The van der Waals surface area contributed by atoms with Crippen molar-refractivity contribution in [3.8, 4) is 0 Å². The maximum absolute atomic E-state index is 12.0. The number of benzene rings is 1. The Morgan fingerprint density at radius 1 is 0.792 bits per heavy atom. The first-order valence-corrected chi connectivity index (χ1v) is 8.24. The fourth-order valence-electron chi connectivity index (χ4n) is 2.79. The summed E-state index contributed by atoms with van der Waals surface area (Å²) < 4.78 is 0. The fourth-order valence-corrected chi connectivity index (χ4v) is 3.74. The number of halogens is 4. The highest BCUT2D eigenvalue weighted by Gasteiger charge is 2.58. The van der Waals surface area contributed by atoms with E-state index in [9.17, 15) is 19.2 Å². The van der Waals surface area contributed by atoms with Gasteiger partial charge in [0.2, 0.25) is 21.0 Å². The van der Waals surface area contributed by atoms with Crippen LogP contribution in [-0.4, -0.2) is 21.0 Å². The zero-order chi connectivity index (χ0) is 18.1. The number of hydrogen-bond donors (Lipinski definition) is 0. The van der Waals surface area contributed by atoms with E-state index in [1.54, 1.807) is 30.3 Å². The van der Waals surface area contributed by atoms with Crippen molar-refractivity contribution in [2.24, 2.45) is 10.8 Å². The minimum Gasteiger partial charge on any atom is -0.280 e. The summed E-state index contributed by atoms with van der Waals surface area (Å²) in [7, 11) is 0. The summed E-state index contributed by atoms with van der Waals surface area (Å²) in [4.78, 5) is 48.0. The monoisotopic (exact) mass is 406 g/mol. The van der Waals surface area contributed by atoms with Crippen LogP contribution in [0.15, 0.2) is 36.4 Å². The highest BCUT2D eigenvalue weighted by molar-refractivity contribution is 6.77. The molecule has 4 nitrogen and oxygen atoms in total. The van der Waals surface area contributed by atoms with Gasteiger partial charge < -0.3 is 0 Å². The van der Waals surface area contributed by atoms with Crippen LogP contribution in [0.25, 0.3) is 5.57 Å². The molecule has 0 heterocycles. The van der Waals surface area contributed by atoms with E-state index in [-0.39, 0.29) is 6.42 Å². The molecule has 0 N–H and O–H groups in total. The molecule has 2 rings (SSSR count). The molecule has 126 valence electrons. The van der Waals surface area contributed by atoms with Crippen LogP contribution < -0.4 is 0 Å². The second-order valence-corrected chi connectivity index (χ2v) is 6.91. The minimum absolute atomic E-state index is 0.169. The smallest absolute Gasteiger partial charge is 0.240 e. The maximum Gasteiger partial charge on any atom is 0.240 e. The standard InChI is InChI=1S/C16H10Cl4O4/c17-11(21)15(12(18)22)6-10(9-4-2-1-3-5-9)7-16(8-15,13(19)23)14(20)24/h1-6H,7-8H2. The number of rotatable bonds is 5. The van der Waals surface area contributed by atoms with Gasteiger partial charge in [0.15, 0.2) is 0 Å². The fraction of sp³-hybridized carbons (Fsp3) is 0.250. The SMILES string of the molecule is O=C(Cl)C1(C(=O)Cl)C=C(c2ccccc2)CC(C(=O)Cl)(C(=O)Cl)C1. The number of hydrogen-bond acceptors (Lipinski definition) is 4. The highest BCUT2D eigenvalue weighted by Crippen LogP contribution is 2.52. The Hall–Kier alpha value is -1.20. The van der Waals surface area contributed by atoms with Crippen LogP contribution in [0.1, 0.15) is 18.4 Å². The van der Waals surface area contributed by atoms with Gasteiger partial charge in [-0.05, 0) is 70.4 Å². The number of allylic oxidation sites excluding steroid dienone is 2. The molecule has 0 bridgehead atoms. The van der Waals surface area contributed by atoms with Crippen LogP contribution >= 0.6 is 46.4 Å². The second kappa shape index (κ2) is 6.96. The van der Waals surface area contributed by atoms with Crippen molar-refractivity contribution in [1.82, 2.24) is 0 Å². The number of carbonyl (C=O) groups excluding carboxylic acids is 4. The van der Waals surface area contributed by atoms with Crippen molar-refractivity contribution in [3.05, 3.63) is 42.0 Å². The van der Waals surface area contributed by atoms with E-state index < -0.39 is 38.2 Å². The molecule has 1 aromatic rings. The van der Waals surface area contributed by atoms with E-state index >= 15 is 0 Å². The average molecular weight is 408 g/mol. The molecular formula is C16H10Cl4O4. The Labute approximate surface area is 157 Å². The van der Waals surface area contributed by atoms with E-state index in [0.29, 0.717) is 11.1 Å². The third-order valence-electron chi connectivity index (χ3n) is 4.09. The van der Waals surface area contributed by atoms with Gasteiger partial charge in [0.1, 0.15) is 10.8 Å². The summed E-state index contributed by atoms with van der Waals surface area (Å²) >= 11 is 22.4. The molecule has 1 aromatic carbocycles. The van der Waals surface area contributed by atoms with Gasteiger partial charge in [-0.2, -0.15) is 0 Å². The lowest BCUT2D eigenvalue weighted by Gasteiger charge is -2.39. The topological polar surface area (TPSA) is 68.3 Å². The normalized spacial score (nSPS) is 18.4. The third kappa shape index (κ3) is 3.16. The highest BCUT2D eigenvalue weighted by atomic mass is 35.5. The average Bonchev–Trinajstić information content (AvgIpc) is 2.54. The molecule has 0 saturated heterocycles. The van der Waals surface area contributed by atoms with Crippen molar-refractivity contribution in [3.63, 3.8) is 0 Å². The molecule has 1 aliphatic rings. The van der Waals surface area contributed by atoms with Gasteiger partial charge in [-0.15, -0.1) is 0 Å². The van der Waals surface area contributed by atoms with Crippen molar-refractivity contribution < 1.29 is 19.2 Å². The molecule has 0 saturated carbocycles. The summed E-state index contributed by atoms with van der Waals surface area (Å²) in [5.74, 6) is 0. The lowest BCUT2D eigenvalue weighted by molar-refractivity contribution is -0.137. The zero-order valence-electron chi connectivity index (χ0n) is 12.0. The molecule has 0 fully saturated rings. The Bertz CT molecular complexity index is 727. The van der Waals surface area contributed by atoms with Gasteiger partial charge in [-0.3, -0.25) is 19.2 Å². The second-order valence-electron chi connectivity index (χ2n) is 5.54. The third-order valence-corrected chi connectivity index (χ3v) is 5.49. The van der Waals surface area contributed by atoms with Crippen molar-refractivity contribution in [2.75, 3.05) is 0 Å². The zero-order valence-corrected chi connectivity index (χ0v) is 15.0. The van der Waals surface area contributed by atoms with Gasteiger partial charge in [0.05, 0.1) is 0 Å². The molecule has 8 heteroatoms. The van der Waals surface area contributed by atoms with Gasteiger partial charge in [-0.25, -0.2) is 0 Å². The first-order valence-electron chi connectivity index (χ1n) is 6.72. The minimum atomic E-state index is -2.07. The summed E-state index contributed by atoms with van der Waals surface area (Å²) in [6.07, 6.45) is 0.508. The Morgan fingerprint density at radius 2 is 1.29 bits per heavy atom. The van der Waals surface area contributed by atoms with Gasteiger partial charge in [0.25, 0.3) is 0 Å². The lowest BCUT2D eigenvalue weighted by Crippen LogP contribution is -2.47. The van der Waals surface area contributed by atoms with Crippen LogP contribution in [0, 0.1) is 10.8 Å². The lowest BCUT2D eigenvalue weighted by atomic mass is 9.64. The van der Waals surface area contributed by atoms with E-state index in [4.69, 9.17) is 46.4 Å². The van der Waals surface area contributed by atoms with Crippen LogP contribution in [0.5, 0.6) is 0 Å². The van der Waals surface area contributed by atoms with Gasteiger partial charge >= 0.3 is 0 Å². The maximum atomic E-state index is 12.0. The van der Waals surface area contributed by atoms with Crippen LogP contribution in [0.2, 0.25) is 0 Å². The molecule has 0 spiro atoms. The van der Waals surface area contributed by atoms with E-state index in [0.717, 1.165) is 0 Å². The Morgan fingerprint density at radius 3 is 1.71 bits per heavy atom. The molecule has 0 atom stereocenters. The van der Waals surface area contributed by atoms with Gasteiger partial charge in [-0.1, -0.05) is 36.4 Å². The predicted molar refractivity (Wildman–Crippen MR) is 92.0 cm³/mol. The first-order chi connectivity index (χ1) is 11.2. The van der Waals surface area contributed by atoms with Crippen LogP contribution in [0.3, 0.4) is 0 Å². The summed E-state index contributed by atoms with van der Waals surface area (Å²) in [5.41, 5.74) is -3.11. The molecule has 0 aliphatic heterocycles. The largest absolute Gasteiger partial charge is 0.280 e. The molecule has 0 amide bonds. The van der Waals surface area contributed by atoms with Gasteiger partial charge in [0, 0.05) is 0 Å².